The van der Waals surface area contributed by atoms with Crippen LogP contribution >= 0.6 is 0 Å². The molecule has 1 aromatic heterocycles. The minimum atomic E-state index is -0.274. The highest BCUT2D eigenvalue weighted by atomic mass is 19.1. The molecule has 0 aliphatic carbocycles. The second-order valence-electron chi connectivity index (χ2n) is 10.4. The Hall–Kier alpha value is -2.51. The second kappa shape index (κ2) is 9.62. The van der Waals surface area contributed by atoms with E-state index in [4.69, 9.17) is 0 Å². The number of nitrogens with zero attached hydrogens (tertiary/aromatic N) is 3. The number of hydrogen-bond acceptors (Lipinski definition) is 4. The Labute approximate surface area is 200 Å². The van der Waals surface area contributed by atoms with Crippen LogP contribution in [0.1, 0.15) is 49.9 Å². The average molecular weight is 468 g/mol. The average Bonchev–Trinajstić information content (AvgIpc) is 3.25. The molecule has 7 heteroatoms. The summed E-state index contributed by atoms with van der Waals surface area (Å²) in [5.41, 5.74) is 5.01. The molecule has 3 aromatic rings. The molecule has 0 bridgehead atoms. The summed E-state index contributed by atoms with van der Waals surface area (Å²) in [4.78, 5) is 4.68. The molecule has 0 saturated carbocycles. The molecule has 34 heavy (non-hydrogen) atoms. The molecular weight excluding hydrogens is 432 g/mol. The number of aromatic amines is 1. The van der Waals surface area contributed by atoms with Crippen molar-refractivity contribution in [2.75, 3.05) is 38.2 Å². The highest BCUT2D eigenvalue weighted by Gasteiger charge is 2.36. The first-order valence-corrected chi connectivity index (χ1v) is 12.5. The van der Waals surface area contributed by atoms with Crippen LogP contribution in [0.3, 0.4) is 0 Å². The number of hydrogen-bond donors (Lipinski definition) is 2. The van der Waals surface area contributed by atoms with Gasteiger partial charge in [0.2, 0.25) is 0 Å². The summed E-state index contributed by atoms with van der Waals surface area (Å²) in [5.74, 6) is 0.303. The van der Waals surface area contributed by atoms with Crippen LogP contribution < -0.4 is 5.32 Å². The standard InChI is InChI=1S/C27H35F2N5/c1-17(2)14-34-18(3)11-23-21(7-8-26-24(23)13-30-32-26)27(34)22-6-5-19(12-25(22)29)31-20-15-33(16-20)10-4-9-28/h5-8,12-13,17-18,20,27,31H,4,9-11,14-16H2,1-3H3,(H,30,32)/t18-,27+/m1/s1. The van der Waals surface area contributed by atoms with Crippen LogP contribution in [0, 0.1) is 11.7 Å². The van der Waals surface area contributed by atoms with E-state index < -0.39 is 0 Å². The van der Waals surface area contributed by atoms with Crippen LogP contribution in [-0.4, -0.2) is 64.9 Å². The van der Waals surface area contributed by atoms with Crippen molar-refractivity contribution in [2.24, 2.45) is 5.92 Å². The van der Waals surface area contributed by atoms with Gasteiger partial charge in [-0.3, -0.25) is 19.3 Å². The van der Waals surface area contributed by atoms with E-state index in [1.165, 1.54) is 11.1 Å². The van der Waals surface area contributed by atoms with E-state index in [1.54, 1.807) is 6.07 Å². The van der Waals surface area contributed by atoms with Crippen LogP contribution in [0.25, 0.3) is 10.9 Å². The van der Waals surface area contributed by atoms with E-state index in [1.807, 2.05) is 18.3 Å². The number of benzene rings is 2. The molecule has 2 N–H and O–H groups in total. The number of aromatic nitrogens is 2. The van der Waals surface area contributed by atoms with Crippen molar-refractivity contribution < 1.29 is 8.78 Å². The monoisotopic (exact) mass is 467 g/mol. The Bertz CT molecular complexity index is 1140. The van der Waals surface area contributed by atoms with Crippen molar-refractivity contribution in [1.82, 2.24) is 20.0 Å². The molecule has 1 saturated heterocycles. The summed E-state index contributed by atoms with van der Waals surface area (Å²) in [6.07, 6.45) is 3.40. The van der Waals surface area contributed by atoms with Gasteiger partial charge in [0.1, 0.15) is 5.82 Å². The van der Waals surface area contributed by atoms with E-state index in [-0.39, 0.29) is 24.6 Å². The van der Waals surface area contributed by atoms with E-state index in [9.17, 15) is 4.39 Å². The topological polar surface area (TPSA) is 47.2 Å². The van der Waals surface area contributed by atoms with Crippen molar-refractivity contribution in [3.05, 3.63) is 59.0 Å². The quantitative estimate of drug-likeness (QED) is 0.481. The molecule has 1 fully saturated rings. The summed E-state index contributed by atoms with van der Waals surface area (Å²) < 4.78 is 28.1. The van der Waals surface area contributed by atoms with Crippen molar-refractivity contribution in [3.8, 4) is 0 Å². The Morgan fingerprint density at radius 2 is 1.97 bits per heavy atom. The number of nitrogens with one attached hydrogen (secondary N) is 2. The van der Waals surface area contributed by atoms with Crippen molar-refractivity contribution in [3.63, 3.8) is 0 Å². The van der Waals surface area contributed by atoms with Gasteiger partial charge in [0.15, 0.2) is 0 Å². The van der Waals surface area contributed by atoms with E-state index in [2.05, 4.69) is 58.2 Å². The molecular formula is C27H35F2N5. The van der Waals surface area contributed by atoms with Gasteiger partial charge in [0.25, 0.3) is 0 Å². The van der Waals surface area contributed by atoms with Crippen LogP contribution in [0.2, 0.25) is 0 Å². The molecule has 0 spiro atoms. The normalized spacial score (nSPS) is 21.7. The number of fused-ring (bicyclic) bond motifs is 3. The molecule has 0 amide bonds. The van der Waals surface area contributed by atoms with Crippen molar-refractivity contribution >= 4 is 16.6 Å². The lowest BCUT2D eigenvalue weighted by Gasteiger charge is -2.43. The third-order valence-corrected chi connectivity index (χ3v) is 7.27. The maximum absolute atomic E-state index is 15.7. The Morgan fingerprint density at radius 1 is 1.18 bits per heavy atom. The molecule has 2 atom stereocenters. The second-order valence-corrected chi connectivity index (χ2v) is 10.4. The lowest BCUT2D eigenvalue weighted by atomic mass is 9.83. The maximum atomic E-state index is 15.7. The zero-order chi connectivity index (χ0) is 23.8. The molecule has 5 rings (SSSR count). The van der Waals surface area contributed by atoms with E-state index in [0.717, 1.165) is 54.8 Å². The predicted octanol–water partition coefficient (Wildman–Crippen LogP) is 5.15. The van der Waals surface area contributed by atoms with Gasteiger partial charge in [-0.25, -0.2) is 4.39 Å². The number of rotatable bonds is 8. The molecule has 0 radical (unpaired) electrons. The van der Waals surface area contributed by atoms with Crippen LogP contribution in [0.15, 0.2) is 36.5 Å². The van der Waals surface area contributed by atoms with Crippen LogP contribution in [0.5, 0.6) is 0 Å². The third kappa shape index (κ3) is 4.43. The van der Waals surface area contributed by atoms with Gasteiger partial charge in [-0.15, -0.1) is 0 Å². The summed E-state index contributed by atoms with van der Waals surface area (Å²) >= 11 is 0. The van der Waals surface area contributed by atoms with Gasteiger partial charge >= 0.3 is 0 Å². The predicted molar refractivity (Wildman–Crippen MR) is 133 cm³/mol. The smallest absolute Gasteiger partial charge is 0.130 e. The van der Waals surface area contributed by atoms with E-state index >= 15 is 4.39 Å². The van der Waals surface area contributed by atoms with Crippen LogP contribution in [-0.2, 0) is 6.42 Å². The summed E-state index contributed by atoms with van der Waals surface area (Å²) in [6, 6.07) is 10.3. The van der Waals surface area contributed by atoms with Gasteiger partial charge in [-0.05, 0) is 55.0 Å². The minimum Gasteiger partial charge on any atom is -0.380 e. The highest BCUT2D eigenvalue weighted by molar-refractivity contribution is 5.83. The minimum absolute atomic E-state index is 0.130. The fraction of sp³-hybridized carbons (Fsp3) is 0.519. The van der Waals surface area contributed by atoms with Crippen molar-refractivity contribution in [1.29, 1.82) is 0 Å². The summed E-state index contributed by atoms with van der Waals surface area (Å²) in [7, 11) is 0. The first-order chi connectivity index (χ1) is 16.4. The SMILES string of the molecule is CC(C)CN1[C@H](c2ccc(NC3CN(CCCF)C3)cc2F)c2ccc3[nH]ncc3c2C[C@H]1C. The lowest BCUT2D eigenvalue weighted by molar-refractivity contribution is 0.131. The Morgan fingerprint density at radius 3 is 2.71 bits per heavy atom. The largest absolute Gasteiger partial charge is 0.380 e. The molecule has 2 aliphatic heterocycles. The third-order valence-electron chi connectivity index (χ3n) is 7.27. The number of likely N-dealkylation sites (tertiary alicyclic amines) is 1. The van der Waals surface area contributed by atoms with Crippen LogP contribution in [0.4, 0.5) is 14.5 Å². The molecule has 2 aromatic carbocycles. The van der Waals surface area contributed by atoms with Gasteiger partial charge in [0, 0.05) is 48.9 Å². The molecule has 5 nitrogen and oxygen atoms in total. The van der Waals surface area contributed by atoms with Gasteiger partial charge in [-0.2, -0.15) is 5.10 Å². The maximum Gasteiger partial charge on any atom is 0.130 e. The molecule has 182 valence electrons. The molecule has 2 aliphatic rings. The summed E-state index contributed by atoms with van der Waals surface area (Å²) in [5, 5.41) is 11.9. The van der Waals surface area contributed by atoms with Gasteiger partial charge < -0.3 is 5.32 Å². The molecule has 0 unspecified atom stereocenters. The first-order valence-electron chi connectivity index (χ1n) is 12.5. The number of H-pyrrole nitrogens is 1. The summed E-state index contributed by atoms with van der Waals surface area (Å²) in [6.45, 7) is 9.86. The zero-order valence-electron chi connectivity index (χ0n) is 20.3. The lowest BCUT2D eigenvalue weighted by Crippen LogP contribution is -2.54. The zero-order valence-corrected chi connectivity index (χ0v) is 20.3. The van der Waals surface area contributed by atoms with Gasteiger partial charge in [0.05, 0.1) is 30.5 Å². The van der Waals surface area contributed by atoms with Crippen molar-refractivity contribution in [2.45, 2.75) is 51.7 Å². The Kier molecular flexibility index (Phi) is 6.58. The molecule has 3 heterocycles. The number of alkyl halides is 1. The highest BCUT2D eigenvalue weighted by Crippen LogP contribution is 2.42. The first kappa shape index (κ1) is 23.2. The fourth-order valence-corrected chi connectivity index (χ4v) is 5.68. The fourth-order valence-electron chi connectivity index (χ4n) is 5.68. The Balaban J connectivity index is 1.43. The number of anilines is 1. The van der Waals surface area contributed by atoms with Gasteiger partial charge in [-0.1, -0.05) is 26.0 Å². The van der Waals surface area contributed by atoms with E-state index in [0.29, 0.717) is 18.4 Å². The number of halogens is 2.